The zero-order valence-corrected chi connectivity index (χ0v) is 13.5. The minimum atomic E-state index is 0.0111. The summed E-state index contributed by atoms with van der Waals surface area (Å²) in [6, 6.07) is 3.79. The van der Waals surface area contributed by atoms with Gasteiger partial charge in [0.25, 0.3) is 0 Å². The maximum Gasteiger partial charge on any atom is 0.317 e. The van der Waals surface area contributed by atoms with Crippen molar-refractivity contribution in [3.63, 3.8) is 0 Å². The summed E-state index contributed by atoms with van der Waals surface area (Å²) in [5.74, 6) is 1.86. The predicted molar refractivity (Wildman–Crippen MR) is 84.0 cm³/mol. The molecule has 1 aliphatic heterocycles. The summed E-state index contributed by atoms with van der Waals surface area (Å²) in [5.41, 5.74) is 0.974. The summed E-state index contributed by atoms with van der Waals surface area (Å²) in [4.78, 5) is 13.8. The topological polar surface area (TPSA) is 60.0 Å². The molecule has 0 unspecified atom stereocenters. The SMILES string of the molecule is COc1ccc(CCNC(=O)N2CCCC2)c(OC)c1OC. The molecule has 22 heavy (non-hydrogen) atoms. The van der Waals surface area contributed by atoms with Gasteiger partial charge in [-0.25, -0.2) is 4.79 Å². The Morgan fingerprint density at radius 3 is 2.36 bits per heavy atom. The Kier molecular flexibility index (Phi) is 5.75. The van der Waals surface area contributed by atoms with Crippen LogP contribution in [0.4, 0.5) is 4.79 Å². The number of carbonyl (C=O) groups is 1. The van der Waals surface area contributed by atoms with Crippen LogP contribution in [0, 0.1) is 0 Å². The maximum absolute atomic E-state index is 12.0. The third kappa shape index (κ3) is 3.55. The summed E-state index contributed by atoms with van der Waals surface area (Å²) in [6.45, 7) is 2.26. The van der Waals surface area contributed by atoms with Crippen LogP contribution >= 0.6 is 0 Å². The van der Waals surface area contributed by atoms with Crippen molar-refractivity contribution in [1.82, 2.24) is 10.2 Å². The van der Waals surface area contributed by atoms with Gasteiger partial charge in [0.15, 0.2) is 11.5 Å². The third-order valence-electron chi connectivity index (χ3n) is 3.85. The van der Waals surface area contributed by atoms with Crippen molar-refractivity contribution in [3.8, 4) is 17.2 Å². The van der Waals surface area contributed by atoms with E-state index in [1.165, 1.54) is 0 Å². The summed E-state index contributed by atoms with van der Waals surface area (Å²) >= 11 is 0. The maximum atomic E-state index is 12.0. The molecule has 0 aromatic heterocycles. The van der Waals surface area contributed by atoms with Crippen molar-refractivity contribution in [2.24, 2.45) is 0 Å². The summed E-state index contributed by atoms with van der Waals surface area (Å²) in [5, 5.41) is 2.95. The molecule has 122 valence electrons. The van der Waals surface area contributed by atoms with Gasteiger partial charge < -0.3 is 24.4 Å². The summed E-state index contributed by atoms with van der Waals surface area (Å²) in [7, 11) is 4.77. The molecule has 1 aromatic rings. The Hall–Kier alpha value is -2.11. The summed E-state index contributed by atoms with van der Waals surface area (Å²) in [6.07, 6.45) is 2.86. The molecular formula is C16H24N2O4. The lowest BCUT2D eigenvalue weighted by atomic mass is 10.1. The molecule has 2 amide bonds. The fourth-order valence-electron chi connectivity index (χ4n) is 2.70. The Bertz CT molecular complexity index is 513. The quantitative estimate of drug-likeness (QED) is 0.874. The molecule has 0 aliphatic carbocycles. The number of benzene rings is 1. The van der Waals surface area contributed by atoms with Gasteiger partial charge in [-0.1, -0.05) is 6.07 Å². The van der Waals surface area contributed by atoms with Crippen LogP contribution in [0.2, 0.25) is 0 Å². The van der Waals surface area contributed by atoms with Crippen LogP contribution in [-0.2, 0) is 6.42 Å². The molecule has 0 saturated carbocycles. The van der Waals surface area contributed by atoms with E-state index in [4.69, 9.17) is 14.2 Å². The van der Waals surface area contributed by atoms with Crippen LogP contribution in [0.3, 0.4) is 0 Å². The first-order valence-corrected chi connectivity index (χ1v) is 7.52. The number of rotatable bonds is 6. The number of nitrogens with zero attached hydrogens (tertiary/aromatic N) is 1. The minimum absolute atomic E-state index is 0.0111. The number of likely N-dealkylation sites (tertiary alicyclic amines) is 1. The molecule has 1 aliphatic rings. The van der Waals surface area contributed by atoms with E-state index in [0.717, 1.165) is 31.5 Å². The van der Waals surface area contributed by atoms with Crippen LogP contribution in [0.15, 0.2) is 12.1 Å². The highest BCUT2D eigenvalue weighted by atomic mass is 16.5. The van der Waals surface area contributed by atoms with E-state index in [2.05, 4.69) is 5.32 Å². The van der Waals surface area contributed by atoms with E-state index in [-0.39, 0.29) is 6.03 Å². The second-order valence-corrected chi connectivity index (χ2v) is 5.17. The predicted octanol–water partition coefficient (Wildman–Crippen LogP) is 2.06. The highest BCUT2D eigenvalue weighted by Crippen LogP contribution is 2.39. The third-order valence-corrected chi connectivity index (χ3v) is 3.85. The Labute approximate surface area is 131 Å². The van der Waals surface area contributed by atoms with Crippen LogP contribution in [-0.4, -0.2) is 51.9 Å². The van der Waals surface area contributed by atoms with Gasteiger partial charge in [0.1, 0.15) is 0 Å². The molecule has 1 heterocycles. The van der Waals surface area contributed by atoms with E-state index in [0.29, 0.717) is 30.2 Å². The normalized spacial score (nSPS) is 13.9. The molecule has 0 radical (unpaired) electrons. The molecule has 2 rings (SSSR count). The highest BCUT2D eigenvalue weighted by Gasteiger charge is 2.18. The molecule has 0 atom stereocenters. The molecule has 1 saturated heterocycles. The number of ether oxygens (including phenoxy) is 3. The van der Waals surface area contributed by atoms with Crippen LogP contribution in [0.25, 0.3) is 0 Å². The van der Waals surface area contributed by atoms with Gasteiger partial charge >= 0.3 is 6.03 Å². The minimum Gasteiger partial charge on any atom is -0.493 e. The number of hydrogen-bond acceptors (Lipinski definition) is 4. The van der Waals surface area contributed by atoms with Crippen LogP contribution in [0.1, 0.15) is 18.4 Å². The van der Waals surface area contributed by atoms with Gasteiger partial charge in [-0.05, 0) is 25.3 Å². The molecular weight excluding hydrogens is 284 g/mol. The van der Waals surface area contributed by atoms with Crippen LogP contribution in [0.5, 0.6) is 17.2 Å². The standard InChI is InChI=1S/C16H24N2O4/c1-20-13-7-6-12(14(21-2)15(13)22-3)8-9-17-16(19)18-10-4-5-11-18/h6-7H,4-5,8-11H2,1-3H3,(H,17,19). The molecule has 1 N–H and O–H groups in total. The van der Waals surface area contributed by atoms with E-state index in [1.807, 2.05) is 17.0 Å². The van der Waals surface area contributed by atoms with Crippen molar-refractivity contribution < 1.29 is 19.0 Å². The first kappa shape index (κ1) is 16.3. The molecule has 1 fully saturated rings. The van der Waals surface area contributed by atoms with Crippen molar-refractivity contribution in [1.29, 1.82) is 0 Å². The Morgan fingerprint density at radius 1 is 1.09 bits per heavy atom. The van der Waals surface area contributed by atoms with Crippen molar-refractivity contribution in [2.75, 3.05) is 41.0 Å². The van der Waals surface area contributed by atoms with Crippen molar-refractivity contribution >= 4 is 6.03 Å². The number of nitrogens with one attached hydrogen (secondary N) is 1. The molecule has 6 nitrogen and oxygen atoms in total. The van der Waals surface area contributed by atoms with Gasteiger partial charge in [-0.15, -0.1) is 0 Å². The monoisotopic (exact) mass is 308 g/mol. The molecule has 0 bridgehead atoms. The van der Waals surface area contributed by atoms with E-state index < -0.39 is 0 Å². The molecule has 0 spiro atoms. The number of hydrogen-bond donors (Lipinski definition) is 1. The number of methoxy groups -OCH3 is 3. The lowest BCUT2D eigenvalue weighted by Gasteiger charge is -2.18. The fourth-order valence-corrected chi connectivity index (χ4v) is 2.70. The van der Waals surface area contributed by atoms with E-state index in [9.17, 15) is 4.79 Å². The van der Waals surface area contributed by atoms with Crippen molar-refractivity contribution in [3.05, 3.63) is 17.7 Å². The number of carbonyl (C=O) groups excluding carboxylic acids is 1. The second-order valence-electron chi connectivity index (χ2n) is 5.17. The first-order chi connectivity index (χ1) is 10.7. The summed E-state index contributed by atoms with van der Waals surface area (Å²) < 4.78 is 16.1. The Balaban J connectivity index is 1.98. The zero-order valence-electron chi connectivity index (χ0n) is 13.5. The van der Waals surface area contributed by atoms with Gasteiger partial charge in [-0.3, -0.25) is 0 Å². The number of urea groups is 1. The largest absolute Gasteiger partial charge is 0.493 e. The second kappa shape index (κ2) is 7.77. The first-order valence-electron chi connectivity index (χ1n) is 7.52. The smallest absolute Gasteiger partial charge is 0.317 e. The van der Waals surface area contributed by atoms with Gasteiger partial charge in [0, 0.05) is 25.2 Å². The molecule has 1 aromatic carbocycles. The average molecular weight is 308 g/mol. The van der Waals surface area contributed by atoms with E-state index in [1.54, 1.807) is 21.3 Å². The zero-order chi connectivity index (χ0) is 15.9. The average Bonchev–Trinajstić information content (AvgIpc) is 3.08. The van der Waals surface area contributed by atoms with Gasteiger partial charge in [0.2, 0.25) is 5.75 Å². The highest BCUT2D eigenvalue weighted by molar-refractivity contribution is 5.74. The van der Waals surface area contributed by atoms with Gasteiger partial charge in [-0.2, -0.15) is 0 Å². The van der Waals surface area contributed by atoms with Crippen molar-refractivity contribution in [2.45, 2.75) is 19.3 Å². The van der Waals surface area contributed by atoms with E-state index >= 15 is 0 Å². The lowest BCUT2D eigenvalue weighted by molar-refractivity contribution is 0.209. The Morgan fingerprint density at radius 2 is 1.77 bits per heavy atom. The number of amides is 2. The van der Waals surface area contributed by atoms with Crippen LogP contribution < -0.4 is 19.5 Å². The molecule has 6 heteroatoms. The lowest BCUT2D eigenvalue weighted by Crippen LogP contribution is -2.38. The fraction of sp³-hybridized carbons (Fsp3) is 0.562. The van der Waals surface area contributed by atoms with Gasteiger partial charge in [0.05, 0.1) is 21.3 Å².